The molecule has 2 rings (SSSR count). The van der Waals surface area contributed by atoms with E-state index < -0.39 is 0 Å². The Morgan fingerprint density at radius 3 is 3.13 bits per heavy atom. The number of anilines is 1. The molecule has 0 spiro atoms. The zero-order valence-corrected chi connectivity index (χ0v) is 9.23. The lowest BCUT2D eigenvalue weighted by Crippen LogP contribution is -2.30. The van der Waals surface area contributed by atoms with E-state index in [0.29, 0.717) is 12.1 Å². The summed E-state index contributed by atoms with van der Waals surface area (Å²) in [5, 5.41) is 3.35. The van der Waals surface area contributed by atoms with E-state index in [-0.39, 0.29) is 0 Å². The zero-order chi connectivity index (χ0) is 10.7. The van der Waals surface area contributed by atoms with Gasteiger partial charge in [-0.15, -0.1) is 0 Å². The summed E-state index contributed by atoms with van der Waals surface area (Å²) < 4.78 is 5.61. The van der Waals surface area contributed by atoms with Gasteiger partial charge in [-0.1, -0.05) is 0 Å². The summed E-state index contributed by atoms with van der Waals surface area (Å²) in [6.07, 6.45) is 4.39. The number of aromatic nitrogens is 2. The van der Waals surface area contributed by atoms with Crippen LogP contribution in [0.1, 0.15) is 25.6 Å². The summed E-state index contributed by atoms with van der Waals surface area (Å²) in [6.45, 7) is 4.91. The van der Waals surface area contributed by atoms with E-state index in [0.717, 1.165) is 24.7 Å². The molecule has 15 heavy (non-hydrogen) atoms. The molecule has 1 aliphatic rings. The third-order valence-electron chi connectivity index (χ3n) is 2.67. The molecule has 0 radical (unpaired) electrons. The molecule has 4 heteroatoms. The van der Waals surface area contributed by atoms with E-state index in [9.17, 15) is 0 Å². The van der Waals surface area contributed by atoms with E-state index in [4.69, 9.17) is 4.74 Å². The van der Waals surface area contributed by atoms with Crippen LogP contribution < -0.4 is 5.32 Å². The summed E-state index contributed by atoms with van der Waals surface area (Å²) in [5.74, 6) is 1.67. The van der Waals surface area contributed by atoms with Crippen molar-refractivity contribution in [3.63, 3.8) is 0 Å². The Morgan fingerprint density at radius 2 is 2.47 bits per heavy atom. The Labute approximate surface area is 90.1 Å². The van der Waals surface area contributed by atoms with Gasteiger partial charge in [0.15, 0.2) is 0 Å². The molecule has 2 atom stereocenters. The van der Waals surface area contributed by atoms with Crippen molar-refractivity contribution < 1.29 is 4.74 Å². The lowest BCUT2D eigenvalue weighted by atomic mass is 10.1. The first kappa shape index (κ1) is 10.4. The van der Waals surface area contributed by atoms with Crippen LogP contribution >= 0.6 is 0 Å². The molecule has 1 saturated heterocycles. The highest BCUT2D eigenvalue weighted by atomic mass is 16.5. The molecular weight excluding hydrogens is 190 g/mol. The lowest BCUT2D eigenvalue weighted by molar-refractivity contribution is 0.0995. The quantitative estimate of drug-likeness (QED) is 0.820. The Balaban J connectivity index is 1.95. The van der Waals surface area contributed by atoms with Gasteiger partial charge in [0.1, 0.15) is 11.6 Å². The topological polar surface area (TPSA) is 47.0 Å². The first-order chi connectivity index (χ1) is 7.25. The highest BCUT2D eigenvalue weighted by molar-refractivity contribution is 5.34. The van der Waals surface area contributed by atoms with Gasteiger partial charge in [-0.25, -0.2) is 9.97 Å². The molecule has 1 aromatic heterocycles. The van der Waals surface area contributed by atoms with Crippen LogP contribution in [0.15, 0.2) is 12.3 Å². The highest BCUT2D eigenvalue weighted by Gasteiger charge is 2.22. The summed E-state index contributed by atoms with van der Waals surface area (Å²) >= 11 is 0. The summed E-state index contributed by atoms with van der Waals surface area (Å²) in [6, 6.07) is 2.19. The highest BCUT2D eigenvalue weighted by Crippen LogP contribution is 2.17. The maximum Gasteiger partial charge on any atom is 0.129 e. The van der Waals surface area contributed by atoms with Crippen molar-refractivity contribution in [2.45, 2.75) is 38.8 Å². The van der Waals surface area contributed by atoms with Crippen molar-refractivity contribution in [1.82, 2.24) is 9.97 Å². The van der Waals surface area contributed by atoms with Crippen LogP contribution in [-0.2, 0) is 4.74 Å². The molecule has 0 aromatic carbocycles. The van der Waals surface area contributed by atoms with Crippen LogP contribution in [0.3, 0.4) is 0 Å². The maximum absolute atomic E-state index is 5.61. The van der Waals surface area contributed by atoms with Gasteiger partial charge in [0, 0.05) is 12.8 Å². The predicted octanol–water partition coefficient (Wildman–Crippen LogP) is 1.76. The van der Waals surface area contributed by atoms with E-state index in [1.165, 1.54) is 6.42 Å². The molecule has 1 N–H and O–H groups in total. The summed E-state index contributed by atoms with van der Waals surface area (Å²) in [5.41, 5.74) is 0. The molecule has 4 nitrogen and oxygen atoms in total. The van der Waals surface area contributed by atoms with Gasteiger partial charge < -0.3 is 10.1 Å². The number of rotatable bonds is 3. The molecule has 82 valence electrons. The Morgan fingerprint density at radius 1 is 1.60 bits per heavy atom. The van der Waals surface area contributed by atoms with Crippen LogP contribution in [-0.4, -0.2) is 28.7 Å². The van der Waals surface area contributed by atoms with Crippen molar-refractivity contribution >= 4 is 5.82 Å². The minimum Gasteiger partial charge on any atom is -0.376 e. The van der Waals surface area contributed by atoms with Crippen molar-refractivity contribution in [3.8, 4) is 0 Å². The fourth-order valence-electron chi connectivity index (χ4n) is 1.86. The molecule has 2 unspecified atom stereocenters. The second kappa shape index (κ2) is 4.57. The van der Waals surface area contributed by atoms with Crippen LogP contribution in [0, 0.1) is 6.92 Å². The van der Waals surface area contributed by atoms with E-state index in [2.05, 4.69) is 22.2 Å². The minimum absolute atomic E-state index is 0.307. The normalized spacial score (nSPS) is 22.7. The van der Waals surface area contributed by atoms with Crippen molar-refractivity contribution in [1.29, 1.82) is 0 Å². The largest absolute Gasteiger partial charge is 0.376 e. The van der Waals surface area contributed by atoms with Gasteiger partial charge >= 0.3 is 0 Å². The lowest BCUT2D eigenvalue weighted by Gasteiger charge is -2.20. The number of aryl methyl sites for hydroxylation is 1. The third-order valence-corrected chi connectivity index (χ3v) is 2.67. The molecule has 1 aliphatic heterocycles. The monoisotopic (exact) mass is 207 g/mol. The molecule has 0 amide bonds. The molecule has 0 saturated carbocycles. The zero-order valence-electron chi connectivity index (χ0n) is 9.23. The van der Waals surface area contributed by atoms with Gasteiger partial charge in [0.25, 0.3) is 0 Å². The first-order valence-corrected chi connectivity index (χ1v) is 5.43. The molecule has 1 fully saturated rings. The van der Waals surface area contributed by atoms with Crippen molar-refractivity contribution in [3.05, 3.63) is 18.1 Å². The second-order valence-corrected chi connectivity index (χ2v) is 3.97. The van der Waals surface area contributed by atoms with Gasteiger partial charge in [-0.05, 0) is 32.8 Å². The van der Waals surface area contributed by atoms with Gasteiger partial charge in [-0.3, -0.25) is 0 Å². The van der Waals surface area contributed by atoms with Crippen LogP contribution in [0.25, 0.3) is 0 Å². The third kappa shape index (κ3) is 2.65. The van der Waals surface area contributed by atoms with Gasteiger partial charge in [0.05, 0.1) is 12.1 Å². The smallest absolute Gasteiger partial charge is 0.129 e. The van der Waals surface area contributed by atoms with Crippen molar-refractivity contribution in [2.75, 3.05) is 11.9 Å². The van der Waals surface area contributed by atoms with Crippen LogP contribution in [0.5, 0.6) is 0 Å². The number of hydrogen-bond donors (Lipinski definition) is 1. The maximum atomic E-state index is 5.61. The van der Waals surface area contributed by atoms with E-state index in [1.54, 1.807) is 6.20 Å². The molecular formula is C11H17N3O. The molecule has 2 heterocycles. The van der Waals surface area contributed by atoms with Gasteiger partial charge in [-0.2, -0.15) is 0 Å². The van der Waals surface area contributed by atoms with Crippen molar-refractivity contribution in [2.24, 2.45) is 0 Å². The minimum atomic E-state index is 0.307. The number of nitrogens with one attached hydrogen (secondary N) is 1. The average molecular weight is 207 g/mol. The fraction of sp³-hybridized carbons (Fsp3) is 0.636. The van der Waals surface area contributed by atoms with E-state index >= 15 is 0 Å². The fourth-order valence-corrected chi connectivity index (χ4v) is 1.86. The molecule has 0 bridgehead atoms. The van der Waals surface area contributed by atoms with Gasteiger partial charge in [0.2, 0.25) is 0 Å². The number of hydrogen-bond acceptors (Lipinski definition) is 4. The predicted molar refractivity (Wildman–Crippen MR) is 58.8 cm³/mol. The van der Waals surface area contributed by atoms with E-state index in [1.807, 2.05) is 13.0 Å². The Hall–Kier alpha value is -1.16. The second-order valence-electron chi connectivity index (χ2n) is 3.97. The summed E-state index contributed by atoms with van der Waals surface area (Å²) in [7, 11) is 0. The summed E-state index contributed by atoms with van der Waals surface area (Å²) in [4.78, 5) is 8.37. The number of nitrogens with zero attached hydrogens (tertiary/aromatic N) is 2. The van der Waals surface area contributed by atoms with Crippen LogP contribution in [0.2, 0.25) is 0 Å². The molecule has 0 aliphatic carbocycles. The Kier molecular flexibility index (Phi) is 3.16. The first-order valence-electron chi connectivity index (χ1n) is 5.43. The molecule has 1 aromatic rings. The van der Waals surface area contributed by atoms with Crippen LogP contribution in [0.4, 0.5) is 5.82 Å². The number of ether oxygens (including phenoxy) is 1. The Bertz CT molecular complexity index is 323. The average Bonchev–Trinajstić information content (AvgIpc) is 2.70. The standard InChI is InChI=1S/C11H17N3O/c1-8(10-4-3-7-15-10)13-11-5-6-12-9(2)14-11/h5-6,8,10H,3-4,7H2,1-2H3,(H,12,13,14). The SMILES string of the molecule is Cc1nccc(NC(C)C2CCCO2)n1.